The number of hydrogen-bond donors (Lipinski definition) is 1. The Morgan fingerprint density at radius 1 is 1.13 bits per heavy atom. The van der Waals surface area contributed by atoms with Crippen molar-refractivity contribution in [1.29, 1.82) is 5.26 Å². The summed E-state index contributed by atoms with van der Waals surface area (Å²) in [6.45, 7) is 3.88. The molecule has 7 rings (SSSR count). The Kier molecular flexibility index (Phi) is 9.94. The number of benzene rings is 2. The number of ether oxygens (including phenoxy) is 6. The summed E-state index contributed by atoms with van der Waals surface area (Å²) in [4.78, 5) is 19.9. The number of cyclic esters (lactones) is 1. The average molecular weight is 880 g/mol. The fourth-order valence-corrected chi connectivity index (χ4v) is 10.0. The zero-order valence-corrected chi connectivity index (χ0v) is 33.3. The fraction of sp³-hybridized carbons (Fsp3) is 0.576. The quantitative estimate of drug-likeness (QED) is 0.350. The molecule has 2 saturated heterocycles. The van der Waals surface area contributed by atoms with Crippen LogP contribution in [0.15, 0.2) is 6.07 Å². The number of likely N-dealkylation sites (N-methyl/N-ethyl adjacent to an activating group) is 2. The van der Waals surface area contributed by atoms with E-state index in [0.29, 0.717) is 40.7 Å². The van der Waals surface area contributed by atoms with E-state index in [-0.39, 0.29) is 99.3 Å². The monoisotopic (exact) mass is 879 g/mol. The van der Waals surface area contributed by atoms with E-state index in [1.807, 2.05) is 32.8 Å². The van der Waals surface area contributed by atoms with Gasteiger partial charge in [0.05, 0.1) is 30.5 Å². The minimum atomic E-state index is -0.579. The Morgan fingerprint density at radius 2 is 1.87 bits per heavy atom. The van der Waals surface area contributed by atoms with Crippen LogP contribution in [0.25, 0.3) is 0 Å². The van der Waals surface area contributed by atoms with Crippen molar-refractivity contribution in [3.8, 4) is 34.8 Å². The van der Waals surface area contributed by atoms with Gasteiger partial charge in [-0.3, -0.25) is 19.5 Å². The molecule has 1 N–H and O–H groups in total. The van der Waals surface area contributed by atoms with Crippen molar-refractivity contribution in [2.75, 3.05) is 61.3 Å². The molecule has 0 saturated carbocycles. The molecule has 0 spiro atoms. The molecule has 2 aromatic rings. The first-order valence-electron chi connectivity index (χ1n) is 15.4. The SMILES string of the molecule is COCOc1c(OC)c(C)cc2c1[C@@H]1C3[C@@H]4SC[C@H](N(C)C)C(=O)OC[C@@H](c5c6c(c(C)c(O)c54)OCO6)N3[C@@H](C#N)[C@H](C2)N1C.[Ac]. The number of hydrogen-bond acceptors (Lipinski definition) is 13. The van der Waals surface area contributed by atoms with E-state index in [0.717, 1.165) is 27.8 Å². The largest absolute Gasteiger partial charge is 0.507 e. The topological polar surface area (TPSA) is 126 Å². The number of phenols is 1. The van der Waals surface area contributed by atoms with Crippen LogP contribution in [0.5, 0.6) is 28.7 Å². The van der Waals surface area contributed by atoms with Crippen LogP contribution < -0.4 is 18.9 Å². The van der Waals surface area contributed by atoms with Crippen molar-refractivity contribution in [3.05, 3.63) is 39.4 Å². The van der Waals surface area contributed by atoms with Gasteiger partial charge in [-0.1, -0.05) is 6.07 Å². The predicted molar refractivity (Wildman–Crippen MR) is 169 cm³/mol. The Morgan fingerprint density at radius 3 is 2.55 bits per heavy atom. The maximum absolute atomic E-state index is 13.5. The van der Waals surface area contributed by atoms with E-state index < -0.39 is 18.1 Å². The van der Waals surface area contributed by atoms with Crippen LogP contribution in [-0.4, -0.2) is 111 Å². The van der Waals surface area contributed by atoms with Crippen LogP contribution in [0, 0.1) is 69.2 Å². The number of aryl methyl sites for hydroxylation is 1. The van der Waals surface area contributed by atoms with Gasteiger partial charge in [-0.05, 0) is 52.5 Å². The molecular formula is C33H40AcN4O8S. The number of thioether (sulfide) groups is 1. The first-order chi connectivity index (χ1) is 22.1. The molecule has 47 heavy (non-hydrogen) atoms. The summed E-state index contributed by atoms with van der Waals surface area (Å²) in [5, 5.41) is 22.6. The van der Waals surface area contributed by atoms with Gasteiger partial charge in [0.2, 0.25) is 6.79 Å². The van der Waals surface area contributed by atoms with Gasteiger partial charge in [-0.25, -0.2) is 0 Å². The summed E-state index contributed by atoms with van der Waals surface area (Å²) in [5.41, 5.74) is 5.08. The maximum atomic E-state index is 13.5. The van der Waals surface area contributed by atoms with Crippen LogP contribution in [0.1, 0.15) is 50.7 Å². The number of piperazine rings is 1. The smallest absolute Gasteiger partial charge is 0.324 e. The number of methoxy groups -OCH3 is 2. The standard InChI is InChI=1S/C33H40N4O8S.Ac/c1-15-8-17-9-18-19(10-34)37-20-11-42-33(39)21(35(3)4)12-46-32(24-23(20)31-29(44-14-45-31)16(2)27(24)38)26(37)25(36(18)5)22(17)30(28(15)41-7)43-13-40-6;/h8,18-21,25-26,32,38H,9,11-14H2,1-7H3;/t18-,19-,20-,21-,25+,26?,32+;/m0./s1. The van der Waals surface area contributed by atoms with Gasteiger partial charge in [0.1, 0.15) is 24.4 Å². The van der Waals surface area contributed by atoms with Crippen LogP contribution in [0.3, 0.4) is 0 Å². The zero-order valence-electron chi connectivity index (χ0n) is 27.7. The second-order valence-electron chi connectivity index (χ2n) is 12.8. The van der Waals surface area contributed by atoms with Crippen LogP contribution in [0.4, 0.5) is 0 Å². The predicted octanol–water partition coefficient (Wildman–Crippen LogP) is 3.22. The first-order valence-corrected chi connectivity index (χ1v) is 16.5. The van der Waals surface area contributed by atoms with Gasteiger partial charge in [0.25, 0.3) is 0 Å². The summed E-state index contributed by atoms with van der Waals surface area (Å²) in [6, 6.07) is 2.38. The summed E-state index contributed by atoms with van der Waals surface area (Å²) in [5.74, 6) is 2.51. The Balaban J connectivity index is 0.00000386. The molecule has 2 fully saturated rings. The van der Waals surface area contributed by atoms with Gasteiger partial charge >= 0.3 is 5.97 Å². The number of esters is 1. The molecule has 0 aromatic heterocycles. The number of fused-ring (bicyclic) bond motifs is 9. The second-order valence-corrected chi connectivity index (χ2v) is 14.0. The number of rotatable bonds is 5. The molecule has 0 aliphatic carbocycles. The maximum Gasteiger partial charge on any atom is 0.324 e. The molecule has 2 aromatic carbocycles. The van der Waals surface area contributed by atoms with E-state index >= 15 is 0 Å². The molecule has 249 valence electrons. The number of nitriles is 1. The molecule has 7 atom stereocenters. The van der Waals surface area contributed by atoms with Gasteiger partial charge in [-0.2, -0.15) is 5.26 Å². The number of carbonyl (C=O) groups excluding carboxylic acids is 1. The molecule has 12 nitrogen and oxygen atoms in total. The van der Waals surface area contributed by atoms with Crippen molar-refractivity contribution < 1.29 is 82.4 Å². The molecule has 4 bridgehead atoms. The zero-order chi connectivity index (χ0) is 32.6. The molecule has 5 heterocycles. The molecule has 5 aliphatic heterocycles. The number of carbonyl (C=O) groups is 1. The van der Waals surface area contributed by atoms with E-state index in [9.17, 15) is 15.2 Å². The number of aromatic hydroxyl groups is 1. The van der Waals surface area contributed by atoms with E-state index in [4.69, 9.17) is 28.4 Å². The Labute approximate surface area is 315 Å². The molecule has 0 amide bonds. The van der Waals surface area contributed by atoms with Gasteiger partial charge in [-0.15, -0.1) is 11.8 Å². The van der Waals surface area contributed by atoms with Crippen LogP contribution in [0.2, 0.25) is 0 Å². The van der Waals surface area contributed by atoms with Gasteiger partial charge < -0.3 is 33.5 Å². The van der Waals surface area contributed by atoms with Crippen molar-refractivity contribution in [3.63, 3.8) is 0 Å². The van der Waals surface area contributed by atoms with E-state index in [2.05, 4.69) is 29.0 Å². The molecule has 1 radical (unpaired) electrons. The second kappa shape index (κ2) is 13.4. The summed E-state index contributed by atoms with van der Waals surface area (Å²) < 4.78 is 35.7. The minimum Gasteiger partial charge on any atom is -0.507 e. The third-order valence-electron chi connectivity index (χ3n) is 10.3. The van der Waals surface area contributed by atoms with Crippen LogP contribution in [-0.2, 0) is 20.7 Å². The van der Waals surface area contributed by atoms with Crippen molar-refractivity contribution in [1.82, 2.24) is 14.7 Å². The summed E-state index contributed by atoms with van der Waals surface area (Å²) >= 11 is 1.59. The van der Waals surface area contributed by atoms with Crippen molar-refractivity contribution >= 4 is 17.7 Å². The van der Waals surface area contributed by atoms with Gasteiger partial charge in [0.15, 0.2) is 29.8 Å². The number of phenolic OH excluding ortho intramolecular Hbond substituents is 1. The summed E-state index contributed by atoms with van der Waals surface area (Å²) in [6.07, 6.45) is 0.606. The first kappa shape index (κ1) is 34.9. The van der Waals surface area contributed by atoms with Gasteiger partial charge in [0, 0.05) is 91.3 Å². The average Bonchev–Trinajstić information content (AvgIpc) is 3.52. The van der Waals surface area contributed by atoms with Crippen molar-refractivity contribution in [2.45, 2.75) is 61.8 Å². The van der Waals surface area contributed by atoms with E-state index in [1.54, 1.807) is 26.0 Å². The van der Waals surface area contributed by atoms with Crippen LogP contribution >= 0.6 is 11.8 Å². The Bertz CT molecular complexity index is 1640. The third-order valence-corrected chi connectivity index (χ3v) is 11.7. The molecule has 1 unspecified atom stereocenters. The fourth-order valence-electron chi connectivity index (χ4n) is 8.29. The minimum absolute atomic E-state index is 0. The van der Waals surface area contributed by atoms with E-state index in [1.165, 1.54) is 0 Å². The Hall–Kier alpha value is -1.97. The van der Waals surface area contributed by atoms with Crippen molar-refractivity contribution in [2.24, 2.45) is 0 Å². The summed E-state index contributed by atoms with van der Waals surface area (Å²) in [7, 11) is 9.03. The third kappa shape index (κ3) is 5.22. The number of nitrogens with zero attached hydrogens (tertiary/aromatic N) is 4. The molecule has 14 heteroatoms. The normalized spacial score (nSPS) is 29.2. The molecular weight excluding hydrogens is 839 g/mol. The molecule has 5 aliphatic rings.